The van der Waals surface area contributed by atoms with Crippen LogP contribution in [0.4, 0.5) is 0 Å². The molecular formula is C11H15BrN2OS. The second-order valence-corrected chi connectivity index (χ2v) is 5.74. The van der Waals surface area contributed by atoms with Crippen LogP contribution in [0.5, 0.6) is 0 Å². The summed E-state index contributed by atoms with van der Waals surface area (Å²) in [6, 6.07) is 2.03. The predicted molar refractivity (Wildman–Crippen MR) is 69.5 cm³/mol. The van der Waals surface area contributed by atoms with Crippen molar-refractivity contribution in [2.45, 2.75) is 19.4 Å². The first-order valence-corrected chi connectivity index (χ1v) is 7.15. The smallest absolute Gasteiger partial charge is 0.236 e. The van der Waals surface area contributed by atoms with Crippen LogP contribution in [0.1, 0.15) is 17.7 Å². The number of nitrogens with one attached hydrogen (secondary N) is 1. The second kappa shape index (κ2) is 5.80. The number of carbonyl (C=O) groups excluding carboxylic acids is 1. The molecule has 1 amide bonds. The number of likely N-dealkylation sites (tertiary alicyclic amines) is 1. The number of hydrogen-bond donors (Lipinski definition) is 1. The summed E-state index contributed by atoms with van der Waals surface area (Å²) in [5.41, 5.74) is 0. The third-order valence-corrected chi connectivity index (χ3v) is 4.64. The molecule has 1 aliphatic heterocycles. The van der Waals surface area contributed by atoms with Crippen LogP contribution in [0.3, 0.4) is 0 Å². The Balaban J connectivity index is 1.71. The van der Waals surface area contributed by atoms with E-state index in [1.807, 2.05) is 16.3 Å². The van der Waals surface area contributed by atoms with Crippen LogP contribution < -0.4 is 5.32 Å². The highest BCUT2D eigenvalue weighted by atomic mass is 79.9. The van der Waals surface area contributed by atoms with Crippen molar-refractivity contribution in [1.82, 2.24) is 10.2 Å². The molecule has 0 radical (unpaired) electrons. The van der Waals surface area contributed by atoms with Crippen LogP contribution in [0.2, 0.25) is 0 Å². The monoisotopic (exact) mass is 302 g/mol. The number of hydrogen-bond acceptors (Lipinski definition) is 3. The molecular weight excluding hydrogens is 288 g/mol. The standard InChI is InChI=1S/C11H15BrN2OS/c12-9-3-6-16-10(9)7-13-8-11(15)14-4-1-2-5-14/h3,6,13H,1-2,4-5,7-8H2. The predicted octanol–water partition coefficient (Wildman–Crippen LogP) is 2.22. The van der Waals surface area contributed by atoms with Crippen LogP contribution in [-0.4, -0.2) is 30.4 Å². The molecule has 2 heterocycles. The second-order valence-electron chi connectivity index (χ2n) is 3.88. The summed E-state index contributed by atoms with van der Waals surface area (Å²) < 4.78 is 1.12. The van der Waals surface area contributed by atoms with E-state index in [9.17, 15) is 4.79 Å². The minimum atomic E-state index is 0.227. The van der Waals surface area contributed by atoms with Crippen molar-refractivity contribution in [3.63, 3.8) is 0 Å². The quantitative estimate of drug-likeness (QED) is 0.925. The third kappa shape index (κ3) is 3.06. The van der Waals surface area contributed by atoms with Crippen molar-refractivity contribution in [2.75, 3.05) is 19.6 Å². The summed E-state index contributed by atoms with van der Waals surface area (Å²) in [7, 11) is 0. The van der Waals surface area contributed by atoms with Crippen LogP contribution in [-0.2, 0) is 11.3 Å². The Morgan fingerprint density at radius 1 is 1.50 bits per heavy atom. The van der Waals surface area contributed by atoms with E-state index in [0.717, 1.165) is 36.9 Å². The summed E-state index contributed by atoms with van der Waals surface area (Å²) in [6.07, 6.45) is 2.31. The van der Waals surface area contributed by atoms with Crippen molar-refractivity contribution in [2.24, 2.45) is 0 Å². The average Bonchev–Trinajstić information content (AvgIpc) is 2.90. The largest absolute Gasteiger partial charge is 0.342 e. The van der Waals surface area contributed by atoms with Crippen molar-refractivity contribution >= 4 is 33.2 Å². The highest BCUT2D eigenvalue weighted by Gasteiger charge is 2.17. The molecule has 0 aliphatic carbocycles. The van der Waals surface area contributed by atoms with Crippen molar-refractivity contribution in [3.8, 4) is 0 Å². The fourth-order valence-electron chi connectivity index (χ4n) is 1.81. The Labute approximate surface area is 108 Å². The van der Waals surface area contributed by atoms with Crippen LogP contribution >= 0.6 is 27.3 Å². The van der Waals surface area contributed by atoms with E-state index < -0.39 is 0 Å². The molecule has 0 atom stereocenters. The third-order valence-electron chi connectivity index (χ3n) is 2.71. The van der Waals surface area contributed by atoms with E-state index >= 15 is 0 Å². The van der Waals surface area contributed by atoms with Gasteiger partial charge in [-0.3, -0.25) is 4.79 Å². The fraction of sp³-hybridized carbons (Fsp3) is 0.545. The number of carbonyl (C=O) groups is 1. The van der Waals surface area contributed by atoms with Gasteiger partial charge in [0, 0.05) is 29.0 Å². The molecule has 88 valence electrons. The first-order valence-electron chi connectivity index (χ1n) is 5.48. The molecule has 3 nitrogen and oxygen atoms in total. The van der Waals surface area contributed by atoms with Crippen LogP contribution in [0.15, 0.2) is 15.9 Å². The highest BCUT2D eigenvalue weighted by Crippen LogP contribution is 2.22. The molecule has 1 aliphatic rings. The van der Waals surface area contributed by atoms with E-state index in [2.05, 4.69) is 21.2 Å². The van der Waals surface area contributed by atoms with Gasteiger partial charge in [-0.25, -0.2) is 0 Å². The summed E-state index contributed by atoms with van der Waals surface area (Å²) >= 11 is 5.17. The molecule has 0 aromatic carbocycles. The van der Waals surface area contributed by atoms with E-state index in [0.29, 0.717) is 6.54 Å². The zero-order chi connectivity index (χ0) is 11.4. The minimum absolute atomic E-state index is 0.227. The first kappa shape index (κ1) is 12.1. The van der Waals surface area contributed by atoms with Crippen LogP contribution in [0.25, 0.3) is 0 Å². The molecule has 0 unspecified atom stereocenters. The Morgan fingerprint density at radius 3 is 2.88 bits per heavy atom. The van der Waals surface area contributed by atoms with Gasteiger partial charge in [0.25, 0.3) is 0 Å². The Bertz CT molecular complexity index is 361. The Kier molecular flexibility index (Phi) is 4.37. The Hall–Kier alpha value is -0.390. The van der Waals surface area contributed by atoms with E-state index in [4.69, 9.17) is 0 Å². The van der Waals surface area contributed by atoms with Gasteiger partial charge in [0.1, 0.15) is 0 Å². The Morgan fingerprint density at radius 2 is 2.25 bits per heavy atom. The summed E-state index contributed by atoms with van der Waals surface area (Å²) in [5.74, 6) is 0.227. The number of amides is 1. The molecule has 1 N–H and O–H groups in total. The van der Waals surface area contributed by atoms with Gasteiger partial charge in [0.15, 0.2) is 0 Å². The maximum absolute atomic E-state index is 11.7. The summed E-state index contributed by atoms with van der Waals surface area (Å²) in [6.45, 7) is 3.08. The zero-order valence-electron chi connectivity index (χ0n) is 9.04. The molecule has 1 aromatic heterocycles. The first-order chi connectivity index (χ1) is 7.77. The maximum atomic E-state index is 11.7. The molecule has 5 heteroatoms. The highest BCUT2D eigenvalue weighted by molar-refractivity contribution is 9.10. The van der Waals surface area contributed by atoms with Crippen molar-refractivity contribution in [3.05, 3.63) is 20.8 Å². The lowest BCUT2D eigenvalue weighted by atomic mass is 10.4. The summed E-state index contributed by atoms with van der Waals surface area (Å²) in [4.78, 5) is 14.9. The van der Waals surface area contributed by atoms with Gasteiger partial charge in [-0.05, 0) is 40.2 Å². The lowest BCUT2D eigenvalue weighted by molar-refractivity contribution is -0.129. The van der Waals surface area contributed by atoms with E-state index in [1.165, 1.54) is 4.88 Å². The molecule has 1 aromatic rings. The normalized spacial score (nSPS) is 15.7. The van der Waals surface area contributed by atoms with E-state index in [-0.39, 0.29) is 5.91 Å². The van der Waals surface area contributed by atoms with Gasteiger partial charge in [0.05, 0.1) is 6.54 Å². The fourth-order valence-corrected chi connectivity index (χ4v) is 3.27. The van der Waals surface area contributed by atoms with Gasteiger partial charge in [-0.2, -0.15) is 0 Å². The number of halogens is 1. The zero-order valence-corrected chi connectivity index (χ0v) is 11.4. The van der Waals surface area contributed by atoms with Gasteiger partial charge >= 0.3 is 0 Å². The minimum Gasteiger partial charge on any atom is -0.342 e. The van der Waals surface area contributed by atoms with Crippen LogP contribution in [0, 0.1) is 0 Å². The topological polar surface area (TPSA) is 32.3 Å². The average molecular weight is 303 g/mol. The lowest BCUT2D eigenvalue weighted by Gasteiger charge is -2.15. The molecule has 16 heavy (non-hydrogen) atoms. The molecule has 2 rings (SSSR count). The molecule has 1 saturated heterocycles. The van der Waals surface area contributed by atoms with Gasteiger partial charge < -0.3 is 10.2 Å². The van der Waals surface area contributed by atoms with Crippen molar-refractivity contribution < 1.29 is 4.79 Å². The molecule has 0 bridgehead atoms. The van der Waals surface area contributed by atoms with E-state index in [1.54, 1.807) is 11.3 Å². The molecule has 1 fully saturated rings. The maximum Gasteiger partial charge on any atom is 0.236 e. The number of rotatable bonds is 4. The number of nitrogens with zero attached hydrogens (tertiary/aromatic N) is 1. The molecule has 0 saturated carbocycles. The van der Waals surface area contributed by atoms with Crippen molar-refractivity contribution in [1.29, 1.82) is 0 Å². The number of thiophene rings is 1. The molecule has 0 spiro atoms. The lowest BCUT2D eigenvalue weighted by Crippen LogP contribution is -2.35. The SMILES string of the molecule is O=C(CNCc1sccc1Br)N1CCCC1. The van der Waals surface area contributed by atoms with Gasteiger partial charge in [0.2, 0.25) is 5.91 Å². The summed E-state index contributed by atoms with van der Waals surface area (Å²) in [5, 5.41) is 5.24. The van der Waals surface area contributed by atoms with Gasteiger partial charge in [-0.15, -0.1) is 11.3 Å². The van der Waals surface area contributed by atoms with Gasteiger partial charge in [-0.1, -0.05) is 0 Å².